The average Bonchev–Trinajstić information content (AvgIpc) is 3.18. The molecule has 0 saturated carbocycles. The maximum atomic E-state index is 12.7. The van der Waals surface area contributed by atoms with E-state index in [2.05, 4.69) is 76.3 Å². The second kappa shape index (κ2) is 8.11. The van der Waals surface area contributed by atoms with Crippen molar-refractivity contribution in [3.05, 3.63) is 94.8 Å². The molecule has 0 saturated heterocycles. The maximum absolute atomic E-state index is 12.7. The van der Waals surface area contributed by atoms with E-state index in [-0.39, 0.29) is 12.0 Å². The number of benzene rings is 2. The van der Waals surface area contributed by atoms with E-state index in [4.69, 9.17) is 4.74 Å². The summed E-state index contributed by atoms with van der Waals surface area (Å²) in [5.74, 6) is -0.184. The zero-order chi connectivity index (χ0) is 20.5. The van der Waals surface area contributed by atoms with Crippen LogP contribution in [0.15, 0.2) is 66.9 Å². The number of hydrogen-bond donors (Lipinski definition) is 0. The number of nitrogens with zero attached hydrogens (tertiary/aromatic N) is 2. The van der Waals surface area contributed by atoms with Gasteiger partial charge in [-0.25, -0.2) is 4.79 Å². The van der Waals surface area contributed by atoms with Crippen molar-refractivity contribution in [1.29, 1.82) is 0 Å². The van der Waals surface area contributed by atoms with Crippen molar-refractivity contribution in [2.75, 3.05) is 13.2 Å². The molecule has 2 aliphatic rings. The van der Waals surface area contributed by atoms with Crippen LogP contribution in [0.25, 0.3) is 0 Å². The number of hydrogen-bond acceptors (Lipinski definition) is 3. The van der Waals surface area contributed by atoms with Crippen LogP contribution in [0, 0.1) is 0 Å². The molecule has 1 aromatic heterocycles. The summed E-state index contributed by atoms with van der Waals surface area (Å²) in [6, 6.07) is 21.9. The van der Waals surface area contributed by atoms with Crippen molar-refractivity contribution < 1.29 is 9.53 Å². The van der Waals surface area contributed by atoms with Crippen LogP contribution in [0.3, 0.4) is 0 Å². The number of carbonyl (C=O) groups is 1. The summed E-state index contributed by atoms with van der Waals surface area (Å²) in [5.41, 5.74) is 5.90. The zero-order valence-corrected chi connectivity index (χ0v) is 17.5. The third kappa shape index (κ3) is 3.35. The van der Waals surface area contributed by atoms with E-state index < -0.39 is 0 Å². The normalized spacial score (nSPS) is 20.6. The van der Waals surface area contributed by atoms with Crippen molar-refractivity contribution in [2.24, 2.45) is 0 Å². The number of esters is 1. The molecule has 154 valence electrons. The van der Waals surface area contributed by atoms with E-state index >= 15 is 0 Å². The Morgan fingerprint density at radius 2 is 1.77 bits per heavy atom. The van der Waals surface area contributed by atoms with Gasteiger partial charge in [0.25, 0.3) is 0 Å². The molecule has 2 heterocycles. The summed E-state index contributed by atoms with van der Waals surface area (Å²) in [4.78, 5) is 15.4. The van der Waals surface area contributed by atoms with Gasteiger partial charge >= 0.3 is 5.97 Å². The lowest BCUT2D eigenvalue weighted by Gasteiger charge is -2.43. The molecule has 1 aliphatic heterocycles. The van der Waals surface area contributed by atoms with E-state index in [0.29, 0.717) is 12.6 Å². The van der Waals surface area contributed by atoms with Crippen molar-refractivity contribution in [3.63, 3.8) is 0 Å². The predicted molar refractivity (Wildman–Crippen MR) is 118 cm³/mol. The molecule has 1 aliphatic carbocycles. The highest BCUT2D eigenvalue weighted by atomic mass is 16.5. The minimum atomic E-state index is -0.184. The molecule has 0 fully saturated rings. The molecule has 0 N–H and O–H groups in total. The van der Waals surface area contributed by atoms with Gasteiger partial charge in [0.1, 0.15) is 0 Å². The van der Waals surface area contributed by atoms with Crippen LogP contribution < -0.4 is 0 Å². The van der Waals surface area contributed by atoms with Crippen molar-refractivity contribution in [1.82, 2.24) is 9.47 Å². The highest BCUT2D eigenvalue weighted by Gasteiger charge is 2.39. The monoisotopic (exact) mass is 400 g/mol. The molecule has 0 spiro atoms. The molecule has 5 rings (SSSR count). The molecular formula is C26H28N2O2. The van der Waals surface area contributed by atoms with Gasteiger partial charge in [-0.05, 0) is 42.9 Å². The second-order valence-electron chi connectivity index (χ2n) is 8.28. The standard InChI is InChI=1S/C26H28N2O2/c1-2-30-26(29)22-17-28-24(20-12-7-4-8-13-20)18-27(16-19-10-5-3-6-11-19)23-15-9-14-21(22)25(23)28/h3-8,10-13,17,23-24H,2,9,14-16,18H2,1H3. The van der Waals surface area contributed by atoms with E-state index in [9.17, 15) is 4.79 Å². The van der Waals surface area contributed by atoms with Gasteiger partial charge in [0.2, 0.25) is 0 Å². The van der Waals surface area contributed by atoms with Gasteiger partial charge in [-0.15, -0.1) is 0 Å². The Balaban J connectivity index is 1.61. The van der Waals surface area contributed by atoms with Gasteiger partial charge < -0.3 is 9.30 Å². The Morgan fingerprint density at radius 3 is 2.50 bits per heavy atom. The van der Waals surface area contributed by atoms with Crippen LogP contribution in [0.2, 0.25) is 0 Å². The third-order valence-corrected chi connectivity index (χ3v) is 6.49. The molecule has 0 radical (unpaired) electrons. The Morgan fingerprint density at radius 1 is 1.03 bits per heavy atom. The molecule has 4 nitrogen and oxygen atoms in total. The van der Waals surface area contributed by atoms with Crippen LogP contribution in [-0.2, 0) is 17.7 Å². The topological polar surface area (TPSA) is 34.5 Å². The lowest BCUT2D eigenvalue weighted by molar-refractivity contribution is 0.0525. The highest BCUT2D eigenvalue weighted by molar-refractivity contribution is 5.91. The fourth-order valence-electron chi connectivity index (χ4n) is 5.19. The molecule has 4 heteroatoms. The Labute approximate surface area is 178 Å². The lowest BCUT2D eigenvalue weighted by atomic mass is 9.87. The number of aromatic nitrogens is 1. The van der Waals surface area contributed by atoms with Crippen LogP contribution in [0.5, 0.6) is 0 Å². The summed E-state index contributed by atoms with van der Waals surface area (Å²) in [5, 5.41) is 0. The molecule has 3 aromatic rings. The van der Waals surface area contributed by atoms with E-state index in [1.54, 1.807) is 0 Å². The molecule has 0 bridgehead atoms. The minimum absolute atomic E-state index is 0.184. The smallest absolute Gasteiger partial charge is 0.339 e. The summed E-state index contributed by atoms with van der Waals surface area (Å²) >= 11 is 0. The van der Waals surface area contributed by atoms with E-state index in [1.807, 2.05) is 6.92 Å². The second-order valence-corrected chi connectivity index (χ2v) is 8.28. The number of ether oxygens (including phenoxy) is 1. The largest absolute Gasteiger partial charge is 0.462 e. The molecule has 2 aromatic carbocycles. The van der Waals surface area contributed by atoms with E-state index in [1.165, 1.54) is 22.4 Å². The Kier molecular flexibility index (Phi) is 5.17. The van der Waals surface area contributed by atoms with Crippen LogP contribution in [0.4, 0.5) is 0 Å². The van der Waals surface area contributed by atoms with Gasteiger partial charge in [-0.1, -0.05) is 60.7 Å². The quantitative estimate of drug-likeness (QED) is 0.556. The van der Waals surface area contributed by atoms with Crippen molar-refractivity contribution in [3.8, 4) is 0 Å². The predicted octanol–water partition coefficient (Wildman–Crippen LogP) is 5.15. The lowest BCUT2D eigenvalue weighted by Crippen LogP contribution is -2.42. The zero-order valence-electron chi connectivity index (χ0n) is 17.5. The van der Waals surface area contributed by atoms with Crippen molar-refractivity contribution in [2.45, 2.75) is 44.8 Å². The molecule has 30 heavy (non-hydrogen) atoms. The molecule has 0 amide bonds. The number of carbonyl (C=O) groups excluding carboxylic acids is 1. The van der Waals surface area contributed by atoms with Crippen LogP contribution in [0.1, 0.15) is 64.6 Å². The van der Waals surface area contributed by atoms with Gasteiger partial charge in [0.15, 0.2) is 0 Å². The number of rotatable bonds is 5. The SMILES string of the molecule is CCOC(=O)c1cn2c3c1CCCC3N(Cc1ccccc1)CC2c1ccccc1. The summed E-state index contributed by atoms with van der Waals surface area (Å²) in [6.07, 6.45) is 5.26. The summed E-state index contributed by atoms with van der Waals surface area (Å²) < 4.78 is 7.78. The fraction of sp³-hybridized carbons (Fsp3) is 0.346. The first-order valence-electron chi connectivity index (χ1n) is 11.0. The fourth-order valence-corrected chi connectivity index (χ4v) is 5.19. The summed E-state index contributed by atoms with van der Waals surface area (Å²) in [6.45, 7) is 4.14. The van der Waals surface area contributed by atoms with Crippen molar-refractivity contribution >= 4 is 5.97 Å². The first-order chi connectivity index (χ1) is 14.8. The highest BCUT2D eigenvalue weighted by Crippen LogP contribution is 2.44. The molecule has 2 unspecified atom stereocenters. The van der Waals surface area contributed by atoms with Gasteiger partial charge in [-0.2, -0.15) is 0 Å². The van der Waals surface area contributed by atoms with Crippen LogP contribution in [-0.4, -0.2) is 28.6 Å². The Hall–Kier alpha value is -2.85. The molecular weight excluding hydrogens is 372 g/mol. The average molecular weight is 401 g/mol. The van der Waals surface area contributed by atoms with E-state index in [0.717, 1.165) is 37.9 Å². The van der Waals surface area contributed by atoms with Gasteiger partial charge in [-0.3, -0.25) is 4.90 Å². The third-order valence-electron chi connectivity index (χ3n) is 6.49. The minimum Gasteiger partial charge on any atom is -0.462 e. The first kappa shape index (κ1) is 19.1. The first-order valence-corrected chi connectivity index (χ1v) is 11.0. The van der Waals surface area contributed by atoms with Gasteiger partial charge in [0, 0.05) is 25.0 Å². The summed E-state index contributed by atoms with van der Waals surface area (Å²) in [7, 11) is 0. The Bertz CT molecular complexity index is 1030. The van der Waals surface area contributed by atoms with Crippen LogP contribution >= 0.6 is 0 Å². The molecule has 2 atom stereocenters. The van der Waals surface area contributed by atoms with Gasteiger partial charge in [0.05, 0.1) is 24.3 Å². The maximum Gasteiger partial charge on any atom is 0.339 e.